The molecule has 0 fully saturated rings. The van der Waals surface area contributed by atoms with Gasteiger partial charge in [-0.15, -0.1) is 11.8 Å². The second-order valence-corrected chi connectivity index (χ2v) is 4.79. The maximum atomic E-state index is 11.0. The van der Waals surface area contributed by atoms with Crippen LogP contribution in [0.25, 0.3) is 0 Å². The number of carboxylic acid groups (broad SMARTS) is 1. The summed E-state index contributed by atoms with van der Waals surface area (Å²) < 4.78 is 0. The average Bonchev–Trinajstić information content (AvgIpc) is 2.20. The van der Waals surface area contributed by atoms with Crippen LogP contribution in [0.2, 0.25) is 0 Å². The lowest BCUT2D eigenvalue weighted by molar-refractivity contribution is 0.0692. The number of aliphatic hydroxyl groups is 1. The highest BCUT2D eigenvalue weighted by molar-refractivity contribution is 7.99. The third kappa shape index (κ3) is 3.39. The van der Waals surface area contributed by atoms with Crippen molar-refractivity contribution in [3.8, 4) is 0 Å². The molecule has 5 nitrogen and oxygen atoms in total. The van der Waals surface area contributed by atoms with E-state index in [4.69, 9.17) is 15.9 Å². The fraction of sp³-hybridized carbons (Fsp3) is 0.400. The number of thioether (sulfide) groups is 1. The summed E-state index contributed by atoms with van der Waals surface area (Å²) in [7, 11) is 0. The summed E-state index contributed by atoms with van der Waals surface area (Å²) in [4.78, 5) is 15.0. The summed E-state index contributed by atoms with van der Waals surface area (Å²) in [5.74, 6) is -1.04. The Morgan fingerprint density at radius 2 is 2.38 bits per heavy atom. The Morgan fingerprint density at radius 3 is 2.94 bits per heavy atom. The number of hydrogen-bond donors (Lipinski definition) is 3. The van der Waals surface area contributed by atoms with Gasteiger partial charge in [-0.05, 0) is 12.5 Å². The van der Waals surface area contributed by atoms with Crippen molar-refractivity contribution < 1.29 is 15.0 Å². The van der Waals surface area contributed by atoms with Crippen molar-refractivity contribution in [3.63, 3.8) is 0 Å². The van der Waals surface area contributed by atoms with Gasteiger partial charge in [-0.3, -0.25) is 0 Å². The molecule has 1 aromatic heterocycles. The summed E-state index contributed by atoms with van der Waals surface area (Å²) >= 11 is 1.32. The maximum Gasteiger partial charge on any atom is 0.338 e. The molecule has 88 valence electrons. The molecule has 0 aliphatic carbocycles. The van der Waals surface area contributed by atoms with Crippen LogP contribution in [0.5, 0.6) is 0 Å². The van der Waals surface area contributed by atoms with Gasteiger partial charge >= 0.3 is 5.97 Å². The predicted molar refractivity (Wildman–Crippen MR) is 62.6 cm³/mol. The third-order valence-electron chi connectivity index (χ3n) is 1.95. The molecule has 0 aliphatic rings. The number of aliphatic hydroxyl groups excluding tert-OH is 1. The van der Waals surface area contributed by atoms with E-state index in [1.54, 1.807) is 0 Å². The van der Waals surface area contributed by atoms with E-state index in [2.05, 4.69) is 4.98 Å². The lowest BCUT2D eigenvalue weighted by Crippen LogP contribution is -2.06. The molecule has 1 atom stereocenters. The Labute approximate surface area is 97.7 Å². The van der Waals surface area contributed by atoms with Crippen LogP contribution in [0.15, 0.2) is 17.3 Å². The van der Waals surface area contributed by atoms with Crippen molar-refractivity contribution in [1.82, 2.24) is 4.98 Å². The minimum atomic E-state index is -1.04. The zero-order valence-corrected chi connectivity index (χ0v) is 9.70. The lowest BCUT2D eigenvalue weighted by Gasteiger charge is -2.10. The van der Waals surface area contributed by atoms with Crippen LogP contribution >= 0.6 is 11.8 Å². The fourth-order valence-corrected chi connectivity index (χ4v) is 2.14. The first-order valence-corrected chi connectivity index (χ1v) is 5.69. The van der Waals surface area contributed by atoms with Crippen molar-refractivity contribution >= 4 is 23.4 Å². The average molecular weight is 242 g/mol. The quantitative estimate of drug-likeness (QED) is 0.672. The van der Waals surface area contributed by atoms with E-state index >= 15 is 0 Å². The van der Waals surface area contributed by atoms with Crippen LogP contribution in [0.4, 0.5) is 5.69 Å². The number of nitrogen functional groups attached to an aromatic ring is 1. The van der Waals surface area contributed by atoms with E-state index in [1.165, 1.54) is 24.0 Å². The number of nitrogens with zero attached hydrogens (tertiary/aromatic N) is 1. The molecule has 0 amide bonds. The largest absolute Gasteiger partial charge is 0.478 e. The van der Waals surface area contributed by atoms with Crippen molar-refractivity contribution in [2.45, 2.75) is 23.6 Å². The molecule has 0 saturated heterocycles. The van der Waals surface area contributed by atoms with Gasteiger partial charge in [0.1, 0.15) is 5.03 Å². The highest BCUT2D eigenvalue weighted by Crippen LogP contribution is 2.27. The van der Waals surface area contributed by atoms with Gasteiger partial charge in [0.2, 0.25) is 0 Å². The number of hydrogen-bond acceptors (Lipinski definition) is 5. The van der Waals surface area contributed by atoms with Crippen molar-refractivity contribution in [3.05, 3.63) is 17.8 Å². The van der Waals surface area contributed by atoms with Gasteiger partial charge in [-0.2, -0.15) is 0 Å². The molecule has 0 saturated carbocycles. The monoisotopic (exact) mass is 242 g/mol. The van der Waals surface area contributed by atoms with Gasteiger partial charge < -0.3 is 15.9 Å². The summed E-state index contributed by atoms with van der Waals surface area (Å²) in [6.45, 7) is 1.98. The number of anilines is 1. The molecule has 1 rings (SSSR count). The molecule has 0 bridgehead atoms. The van der Waals surface area contributed by atoms with E-state index in [9.17, 15) is 4.79 Å². The standard InChI is InChI=1S/C10H14N2O3S/c1-6(2-3-13)16-9-8(10(14)15)4-7(11)5-12-9/h4-6,13H,2-3,11H2,1H3,(H,14,15). The van der Waals surface area contributed by atoms with Crippen molar-refractivity contribution in [1.29, 1.82) is 0 Å². The molecule has 1 heterocycles. The lowest BCUT2D eigenvalue weighted by atomic mass is 10.3. The minimum absolute atomic E-state index is 0.0749. The Bertz CT molecular complexity index is 384. The number of carboxylic acids is 1. The Balaban J connectivity index is 2.90. The summed E-state index contributed by atoms with van der Waals surface area (Å²) in [5, 5.41) is 18.3. The second-order valence-electron chi connectivity index (χ2n) is 3.37. The topological polar surface area (TPSA) is 96.4 Å². The number of aromatic nitrogens is 1. The highest BCUT2D eigenvalue weighted by atomic mass is 32.2. The van der Waals surface area contributed by atoms with Crippen molar-refractivity contribution in [2.24, 2.45) is 0 Å². The molecule has 0 aromatic carbocycles. The Hall–Kier alpha value is -1.27. The number of rotatable bonds is 5. The number of pyridine rings is 1. The van der Waals surface area contributed by atoms with Gasteiger partial charge in [0, 0.05) is 11.9 Å². The Morgan fingerprint density at radius 1 is 1.69 bits per heavy atom. The molecule has 1 aromatic rings. The smallest absolute Gasteiger partial charge is 0.338 e. The summed E-state index contributed by atoms with van der Waals surface area (Å²) in [5.41, 5.74) is 5.92. The molecular weight excluding hydrogens is 228 g/mol. The maximum absolute atomic E-state index is 11.0. The number of aromatic carboxylic acids is 1. The fourth-order valence-electron chi connectivity index (χ4n) is 1.15. The zero-order chi connectivity index (χ0) is 12.1. The van der Waals surface area contributed by atoms with E-state index in [0.29, 0.717) is 17.1 Å². The number of carbonyl (C=O) groups is 1. The van der Waals surface area contributed by atoms with Crippen LogP contribution in [0.1, 0.15) is 23.7 Å². The normalized spacial score (nSPS) is 12.4. The first-order chi connectivity index (χ1) is 7.54. The van der Waals surface area contributed by atoms with Crippen LogP contribution in [0.3, 0.4) is 0 Å². The molecule has 6 heteroatoms. The molecular formula is C10H14N2O3S. The predicted octanol–water partition coefficient (Wildman–Crippen LogP) is 1.23. The second kappa shape index (κ2) is 5.72. The van der Waals surface area contributed by atoms with Crippen LogP contribution in [0, 0.1) is 0 Å². The molecule has 16 heavy (non-hydrogen) atoms. The SMILES string of the molecule is CC(CCO)Sc1ncc(N)cc1C(=O)O. The van der Waals surface area contributed by atoms with E-state index in [1.807, 2.05) is 6.92 Å². The number of nitrogens with two attached hydrogens (primary N) is 1. The molecule has 0 radical (unpaired) electrons. The van der Waals surface area contributed by atoms with Crippen LogP contribution in [-0.2, 0) is 0 Å². The van der Waals surface area contributed by atoms with Gasteiger partial charge in [0.15, 0.2) is 0 Å². The zero-order valence-electron chi connectivity index (χ0n) is 8.88. The summed E-state index contributed by atoms with van der Waals surface area (Å²) in [6.07, 6.45) is 2.02. The Kier molecular flexibility index (Phi) is 4.57. The molecule has 0 spiro atoms. The van der Waals surface area contributed by atoms with Gasteiger partial charge in [-0.25, -0.2) is 9.78 Å². The third-order valence-corrected chi connectivity index (χ3v) is 3.14. The highest BCUT2D eigenvalue weighted by Gasteiger charge is 2.15. The van der Waals surface area contributed by atoms with Crippen molar-refractivity contribution in [2.75, 3.05) is 12.3 Å². The van der Waals surface area contributed by atoms with E-state index in [0.717, 1.165) is 0 Å². The molecule has 1 unspecified atom stereocenters. The summed E-state index contributed by atoms with van der Waals surface area (Å²) in [6, 6.07) is 1.39. The molecule has 0 aliphatic heterocycles. The first kappa shape index (κ1) is 12.8. The van der Waals surface area contributed by atoms with Gasteiger partial charge in [0.05, 0.1) is 17.4 Å². The van der Waals surface area contributed by atoms with Crippen LogP contribution in [-0.4, -0.2) is 33.0 Å². The van der Waals surface area contributed by atoms with Gasteiger partial charge in [0.25, 0.3) is 0 Å². The van der Waals surface area contributed by atoms with E-state index < -0.39 is 5.97 Å². The molecule has 4 N–H and O–H groups in total. The van der Waals surface area contributed by atoms with Gasteiger partial charge in [-0.1, -0.05) is 6.92 Å². The van der Waals surface area contributed by atoms with E-state index in [-0.39, 0.29) is 17.4 Å². The minimum Gasteiger partial charge on any atom is -0.478 e. The van der Waals surface area contributed by atoms with Crippen LogP contribution < -0.4 is 5.73 Å². The first-order valence-electron chi connectivity index (χ1n) is 4.81.